The van der Waals surface area contributed by atoms with Gasteiger partial charge in [-0.2, -0.15) is 4.98 Å². The van der Waals surface area contributed by atoms with Crippen LogP contribution < -0.4 is 18.9 Å². The Hall–Kier alpha value is -3.43. The van der Waals surface area contributed by atoms with Gasteiger partial charge >= 0.3 is 0 Å². The minimum absolute atomic E-state index is 0.381. The van der Waals surface area contributed by atoms with Gasteiger partial charge in [-0.25, -0.2) is 9.97 Å². The second-order valence-corrected chi connectivity index (χ2v) is 8.58. The summed E-state index contributed by atoms with van der Waals surface area (Å²) in [6.07, 6.45) is 6.12. The molecule has 3 aliphatic heterocycles. The van der Waals surface area contributed by atoms with E-state index in [-0.39, 0.29) is 0 Å². The third kappa shape index (κ3) is 6.61. The molecule has 2 atom stereocenters. The smallest absolute Gasteiger partial charge is 0.216 e. The first-order valence-corrected chi connectivity index (χ1v) is 12.4. The highest BCUT2D eigenvalue weighted by molar-refractivity contribution is 5.32. The molecule has 190 valence electrons. The molecule has 9 nitrogen and oxygen atoms in total. The van der Waals surface area contributed by atoms with E-state index in [4.69, 9.17) is 28.4 Å². The lowest BCUT2D eigenvalue weighted by molar-refractivity contribution is 0.0713. The van der Waals surface area contributed by atoms with Gasteiger partial charge in [0, 0.05) is 36.7 Å². The zero-order valence-electron chi connectivity index (χ0n) is 20.2. The van der Waals surface area contributed by atoms with E-state index in [2.05, 4.69) is 27.1 Å². The number of hydrogen-bond donors (Lipinski definition) is 0. The average Bonchev–Trinajstić information content (AvgIpc) is 2.88. The number of aromatic nitrogens is 3. The summed E-state index contributed by atoms with van der Waals surface area (Å²) >= 11 is 0. The van der Waals surface area contributed by atoms with E-state index in [9.17, 15) is 0 Å². The predicted molar refractivity (Wildman–Crippen MR) is 131 cm³/mol. The monoisotopic (exact) mass is 493 g/mol. The first-order valence-electron chi connectivity index (χ1n) is 12.4. The molecule has 3 aromatic rings. The Labute approximate surface area is 210 Å². The van der Waals surface area contributed by atoms with Crippen molar-refractivity contribution >= 4 is 0 Å². The lowest BCUT2D eigenvalue weighted by atomic mass is 9.67. The van der Waals surface area contributed by atoms with Crippen molar-refractivity contribution in [2.24, 2.45) is 0 Å². The van der Waals surface area contributed by atoms with Crippen molar-refractivity contribution in [2.45, 2.75) is 24.7 Å². The van der Waals surface area contributed by atoms with Crippen molar-refractivity contribution in [3.63, 3.8) is 0 Å². The van der Waals surface area contributed by atoms with Crippen molar-refractivity contribution in [3.05, 3.63) is 66.0 Å². The topological polar surface area (TPSA) is 94.1 Å². The molecule has 1 aliphatic carbocycles. The van der Waals surface area contributed by atoms with Gasteiger partial charge in [-0.05, 0) is 35.8 Å². The zero-order valence-corrected chi connectivity index (χ0v) is 20.2. The molecule has 6 heterocycles. The van der Waals surface area contributed by atoms with E-state index in [1.807, 2.05) is 30.6 Å². The Kier molecular flexibility index (Phi) is 8.43. The van der Waals surface area contributed by atoms with Crippen molar-refractivity contribution in [1.82, 2.24) is 15.0 Å². The van der Waals surface area contributed by atoms with E-state index < -0.39 is 0 Å². The van der Waals surface area contributed by atoms with Crippen LogP contribution in [0.25, 0.3) is 0 Å². The second-order valence-electron chi connectivity index (χ2n) is 8.58. The van der Waals surface area contributed by atoms with Gasteiger partial charge in [0.05, 0.1) is 26.4 Å². The highest BCUT2D eigenvalue weighted by Gasteiger charge is 2.33. The lowest BCUT2D eigenvalue weighted by Crippen LogP contribution is -2.22. The molecule has 1 fully saturated rings. The molecular formula is C27H31N3O6. The number of ether oxygens (including phenoxy) is 6. The van der Waals surface area contributed by atoms with Crippen LogP contribution in [-0.4, -0.2) is 67.8 Å². The van der Waals surface area contributed by atoms with Crippen LogP contribution in [0.4, 0.5) is 0 Å². The first kappa shape index (κ1) is 24.3. The molecule has 0 aromatic carbocycles. The Morgan fingerprint density at radius 3 is 1.33 bits per heavy atom. The highest BCUT2D eigenvalue weighted by atomic mass is 16.6. The van der Waals surface area contributed by atoms with Gasteiger partial charge in [0.15, 0.2) is 0 Å². The largest absolute Gasteiger partial charge is 0.475 e. The Bertz CT molecular complexity index is 997. The molecule has 36 heavy (non-hydrogen) atoms. The number of hydrogen-bond acceptors (Lipinski definition) is 9. The molecule has 4 aliphatic rings. The highest BCUT2D eigenvalue weighted by Crippen LogP contribution is 2.48. The van der Waals surface area contributed by atoms with Crippen LogP contribution >= 0.6 is 0 Å². The summed E-state index contributed by atoms with van der Waals surface area (Å²) in [4.78, 5) is 13.3. The number of nitrogens with zero attached hydrogens (tertiary/aromatic N) is 3. The van der Waals surface area contributed by atoms with Crippen LogP contribution in [0.3, 0.4) is 0 Å². The number of pyridine rings is 3. The molecule has 1 saturated carbocycles. The van der Waals surface area contributed by atoms with Crippen LogP contribution in [0.1, 0.15) is 35.8 Å². The summed E-state index contributed by atoms with van der Waals surface area (Å²) in [6.45, 7) is 3.34. The van der Waals surface area contributed by atoms with E-state index >= 15 is 0 Å². The summed E-state index contributed by atoms with van der Waals surface area (Å²) in [5, 5.41) is 0. The number of rotatable bonds is 0. The van der Waals surface area contributed by atoms with E-state index in [0.29, 0.717) is 88.2 Å². The maximum atomic E-state index is 5.72. The van der Waals surface area contributed by atoms with Gasteiger partial charge < -0.3 is 28.4 Å². The van der Waals surface area contributed by atoms with Crippen molar-refractivity contribution in [1.29, 1.82) is 0 Å². The second kappa shape index (κ2) is 12.5. The third-order valence-electron chi connectivity index (χ3n) is 6.26. The molecule has 7 rings (SSSR count). The maximum Gasteiger partial charge on any atom is 0.216 e. The summed E-state index contributed by atoms with van der Waals surface area (Å²) < 4.78 is 33.9. The normalized spacial score (nSPS) is 21.4. The van der Waals surface area contributed by atoms with Gasteiger partial charge in [0.1, 0.15) is 26.4 Å². The van der Waals surface area contributed by atoms with Crippen LogP contribution in [0.2, 0.25) is 0 Å². The summed E-state index contributed by atoms with van der Waals surface area (Å²) in [6, 6.07) is 13.5. The molecule has 0 spiro atoms. The molecule has 0 radical (unpaired) electrons. The molecule has 9 heteroatoms. The Morgan fingerprint density at radius 1 is 0.500 bits per heavy atom. The van der Waals surface area contributed by atoms with Crippen molar-refractivity contribution in [3.8, 4) is 23.5 Å². The molecule has 2 unspecified atom stereocenters. The predicted octanol–water partition coefficient (Wildman–Crippen LogP) is 3.80. The molecular weight excluding hydrogens is 462 g/mol. The van der Waals surface area contributed by atoms with Crippen LogP contribution in [0.5, 0.6) is 23.5 Å². The Balaban J connectivity index is 1.19. The van der Waals surface area contributed by atoms with Crippen molar-refractivity contribution < 1.29 is 28.4 Å². The lowest BCUT2D eigenvalue weighted by Gasteiger charge is -2.37. The van der Waals surface area contributed by atoms with E-state index in [1.54, 1.807) is 12.1 Å². The first-order chi connectivity index (χ1) is 17.8. The van der Waals surface area contributed by atoms with Gasteiger partial charge in [-0.3, -0.25) is 0 Å². The molecule has 0 saturated heterocycles. The SMILES string of the molecule is c1cc2nc(c1)OCCOCCOc1ccc(cn1)C1CCC1c1ccc(nc1)OCCOCCO2. The standard InChI is InChI=1S/C27H31N3O6/c1-2-26-30-27(3-1)36-17-13-32-11-15-34-25-9-5-21(19-29-25)23-7-6-22(23)20-4-8-24(28-18-20)33-14-10-31-12-16-35-26/h1-5,8-9,18-19,22-23H,6-7,10-17H2. The van der Waals surface area contributed by atoms with Gasteiger partial charge in [-0.15, -0.1) is 0 Å². The van der Waals surface area contributed by atoms with Crippen LogP contribution in [0.15, 0.2) is 54.9 Å². The zero-order chi connectivity index (χ0) is 24.4. The van der Waals surface area contributed by atoms with Gasteiger partial charge in [0.25, 0.3) is 0 Å². The third-order valence-corrected chi connectivity index (χ3v) is 6.26. The fraction of sp³-hybridized carbons (Fsp3) is 0.444. The van der Waals surface area contributed by atoms with Crippen molar-refractivity contribution in [2.75, 3.05) is 52.9 Å². The number of fused-ring (bicyclic) bond motifs is 2. The summed E-state index contributed by atoms with van der Waals surface area (Å²) in [5.41, 5.74) is 2.45. The Morgan fingerprint density at radius 2 is 0.944 bits per heavy atom. The van der Waals surface area contributed by atoms with Gasteiger partial charge in [0.2, 0.25) is 23.5 Å². The quantitative estimate of drug-likeness (QED) is 0.463. The maximum absolute atomic E-state index is 5.72. The fourth-order valence-electron chi connectivity index (χ4n) is 4.27. The average molecular weight is 494 g/mol. The van der Waals surface area contributed by atoms with Crippen LogP contribution in [-0.2, 0) is 9.47 Å². The van der Waals surface area contributed by atoms with Crippen LogP contribution in [0, 0.1) is 0 Å². The van der Waals surface area contributed by atoms with E-state index in [1.165, 1.54) is 11.1 Å². The molecule has 0 amide bonds. The molecule has 0 N–H and O–H groups in total. The van der Waals surface area contributed by atoms with Gasteiger partial charge in [-0.1, -0.05) is 18.2 Å². The molecule has 6 bridgehead atoms. The van der Waals surface area contributed by atoms with E-state index in [0.717, 1.165) is 12.8 Å². The summed E-state index contributed by atoms with van der Waals surface area (Å²) in [7, 11) is 0. The fourth-order valence-corrected chi connectivity index (χ4v) is 4.27. The minimum Gasteiger partial charge on any atom is -0.475 e. The molecule has 3 aromatic heterocycles. The minimum atomic E-state index is 0.381. The summed E-state index contributed by atoms with van der Waals surface area (Å²) in [5.74, 6) is 3.04.